The van der Waals surface area contributed by atoms with Gasteiger partial charge in [0.2, 0.25) is 0 Å². The molecule has 1 aliphatic rings. The van der Waals surface area contributed by atoms with E-state index in [2.05, 4.69) is 14.8 Å². The summed E-state index contributed by atoms with van der Waals surface area (Å²) in [6, 6.07) is 8.52. The van der Waals surface area contributed by atoms with Crippen LogP contribution in [-0.4, -0.2) is 33.3 Å². The molecule has 1 fully saturated rings. The molecule has 4 N–H and O–H groups in total. The van der Waals surface area contributed by atoms with Gasteiger partial charge < -0.3 is 25.4 Å². The Morgan fingerprint density at radius 2 is 1.88 bits per heavy atom. The molecule has 0 aliphatic heterocycles. The molecule has 0 radical (unpaired) electrons. The van der Waals surface area contributed by atoms with Crippen LogP contribution in [0.5, 0.6) is 0 Å². The molecular weight excluding hydrogens is 494 g/mol. The molecule has 1 amide bonds. The van der Waals surface area contributed by atoms with Crippen LogP contribution in [0.1, 0.15) is 30.2 Å². The molecule has 1 heterocycles. The SMILES string of the molecule is NC1(c2ccc(-c3ccc(C(OP(=O)([O-])O)C(CF)NC(=O)C(Cl)Cl)cc3)cn2)CC1.[Na+]. The van der Waals surface area contributed by atoms with Crippen molar-refractivity contribution in [2.75, 3.05) is 6.67 Å². The Morgan fingerprint density at radius 3 is 2.31 bits per heavy atom. The predicted molar refractivity (Wildman–Crippen MR) is 112 cm³/mol. The summed E-state index contributed by atoms with van der Waals surface area (Å²) in [6.07, 6.45) is 1.92. The van der Waals surface area contributed by atoms with Crippen LogP contribution in [0.25, 0.3) is 11.1 Å². The van der Waals surface area contributed by atoms with Crippen LogP contribution in [0.3, 0.4) is 0 Å². The second kappa shape index (κ2) is 11.2. The zero-order valence-electron chi connectivity index (χ0n) is 17.1. The number of halogens is 3. The van der Waals surface area contributed by atoms with E-state index in [9.17, 15) is 18.6 Å². The van der Waals surface area contributed by atoms with Gasteiger partial charge in [0.05, 0.1) is 17.3 Å². The molecule has 0 spiro atoms. The first-order valence-corrected chi connectivity index (χ1v) is 11.6. The summed E-state index contributed by atoms with van der Waals surface area (Å²) in [5.41, 5.74) is 8.33. The van der Waals surface area contributed by atoms with Gasteiger partial charge in [0.25, 0.3) is 13.7 Å². The second-order valence-electron chi connectivity index (χ2n) is 7.27. The Bertz CT molecular complexity index is 974. The van der Waals surface area contributed by atoms with Gasteiger partial charge in [-0.2, -0.15) is 0 Å². The average Bonchev–Trinajstić information content (AvgIpc) is 3.48. The van der Waals surface area contributed by atoms with Crippen molar-refractivity contribution in [2.24, 2.45) is 5.73 Å². The fourth-order valence-corrected chi connectivity index (χ4v) is 3.75. The number of aromatic nitrogens is 1. The van der Waals surface area contributed by atoms with Gasteiger partial charge in [-0.05, 0) is 30.0 Å². The van der Waals surface area contributed by atoms with Gasteiger partial charge in [-0.1, -0.05) is 53.5 Å². The normalized spacial score (nSPS) is 18.2. The number of nitrogens with one attached hydrogen (secondary N) is 1. The molecule has 8 nitrogen and oxygen atoms in total. The third-order valence-corrected chi connectivity index (χ3v) is 5.83. The summed E-state index contributed by atoms with van der Waals surface area (Å²) in [5.74, 6) is -0.936. The van der Waals surface area contributed by atoms with Crippen LogP contribution in [0.2, 0.25) is 0 Å². The van der Waals surface area contributed by atoms with Crippen molar-refractivity contribution in [3.63, 3.8) is 0 Å². The number of hydrogen-bond acceptors (Lipinski definition) is 6. The minimum Gasteiger partial charge on any atom is -0.756 e. The number of carbonyl (C=O) groups is 1. The minimum absolute atomic E-state index is 0. The molecule has 1 aromatic carbocycles. The molecule has 3 rings (SSSR count). The summed E-state index contributed by atoms with van der Waals surface area (Å²) in [6.45, 7) is -1.20. The molecule has 1 saturated carbocycles. The quantitative estimate of drug-likeness (QED) is 0.233. The van der Waals surface area contributed by atoms with Crippen molar-refractivity contribution in [2.45, 2.75) is 35.4 Å². The van der Waals surface area contributed by atoms with E-state index >= 15 is 0 Å². The van der Waals surface area contributed by atoms with Crippen molar-refractivity contribution in [1.82, 2.24) is 10.3 Å². The third-order valence-electron chi connectivity index (χ3n) is 4.94. The van der Waals surface area contributed by atoms with Crippen molar-refractivity contribution in [3.05, 3.63) is 53.9 Å². The number of benzene rings is 1. The maximum absolute atomic E-state index is 13.6. The number of pyridine rings is 1. The fourth-order valence-electron chi connectivity index (χ4n) is 3.07. The first kappa shape index (κ1) is 27.7. The summed E-state index contributed by atoms with van der Waals surface area (Å²) in [4.78, 5) is 35.1. The maximum Gasteiger partial charge on any atom is 1.00 e. The van der Waals surface area contributed by atoms with Gasteiger partial charge in [-0.25, -0.2) is 4.39 Å². The van der Waals surface area contributed by atoms with E-state index in [4.69, 9.17) is 33.8 Å². The van der Waals surface area contributed by atoms with Crippen molar-refractivity contribution < 1.29 is 57.6 Å². The van der Waals surface area contributed by atoms with Crippen molar-refractivity contribution in [1.29, 1.82) is 0 Å². The van der Waals surface area contributed by atoms with Crippen LogP contribution >= 0.6 is 31.0 Å². The number of nitrogens with two attached hydrogens (primary N) is 1. The van der Waals surface area contributed by atoms with Crippen molar-refractivity contribution in [3.8, 4) is 11.1 Å². The van der Waals surface area contributed by atoms with Gasteiger partial charge in [-0.15, -0.1) is 0 Å². The number of carbonyl (C=O) groups excluding carboxylic acids is 1. The number of phosphoric ester groups is 1. The molecule has 1 aliphatic carbocycles. The van der Waals surface area contributed by atoms with Crippen LogP contribution < -0.4 is 45.5 Å². The molecule has 13 heteroatoms. The Hall–Kier alpha value is -0.580. The molecular formula is C19H20Cl2FN3NaO5P. The second-order valence-corrected chi connectivity index (χ2v) is 9.52. The van der Waals surface area contributed by atoms with Gasteiger partial charge in [0.15, 0.2) is 4.84 Å². The van der Waals surface area contributed by atoms with Crippen LogP contribution in [0.15, 0.2) is 42.6 Å². The molecule has 0 bridgehead atoms. The van der Waals surface area contributed by atoms with Gasteiger partial charge in [-0.3, -0.25) is 14.3 Å². The number of hydrogen-bond donors (Lipinski definition) is 3. The first-order valence-electron chi connectivity index (χ1n) is 9.25. The zero-order chi connectivity index (χ0) is 22.8. The van der Waals surface area contributed by atoms with E-state index in [0.29, 0.717) is 0 Å². The van der Waals surface area contributed by atoms with Crippen molar-refractivity contribution >= 4 is 36.9 Å². The predicted octanol–water partition coefficient (Wildman–Crippen LogP) is -0.523. The summed E-state index contributed by atoms with van der Waals surface area (Å²) < 4.78 is 29.6. The van der Waals surface area contributed by atoms with E-state index in [1.54, 1.807) is 18.3 Å². The Morgan fingerprint density at radius 1 is 1.28 bits per heavy atom. The molecule has 32 heavy (non-hydrogen) atoms. The standard InChI is InChI=1S/C19H21Cl2FN3O5P.Na/c20-17(21)18(26)25-14(9-22)16(30-31(27,28)29)12-3-1-11(2-4-12)13-5-6-15(24-10-13)19(23)7-8-19;/h1-6,10,14,16-17H,7-9,23H2,(H,25,26)(H2,27,28,29);/q;+1/p-1. The number of nitrogens with zero attached hydrogens (tertiary/aromatic N) is 1. The van der Waals surface area contributed by atoms with E-state index in [1.165, 1.54) is 12.1 Å². The summed E-state index contributed by atoms with van der Waals surface area (Å²) in [5, 5.41) is 2.16. The Labute approximate surface area is 216 Å². The van der Waals surface area contributed by atoms with Crippen LogP contribution in [0.4, 0.5) is 4.39 Å². The first-order chi connectivity index (χ1) is 14.5. The summed E-state index contributed by atoms with van der Waals surface area (Å²) in [7, 11) is -5.26. The van der Waals surface area contributed by atoms with E-state index in [0.717, 1.165) is 29.7 Å². The number of amides is 1. The number of alkyl halides is 3. The molecule has 2 aromatic rings. The van der Waals surface area contributed by atoms with Gasteiger partial charge >= 0.3 is 29.6 Å². The monoisotopic (exact) mass is 513 g/mol. The molecule has 3 unspecified atom stereocenters. The third kappa shape index (κ3) is 7.21. The van der Waals surface area contributed by atoms with Gasteiger partial charge in [0, 0.05) is 11.8 Å². The summed E-state index contributed by atoms with van der Waals surface area (Å²) >= 11 is 10.9. The largest absolute Gasteiger partial charge is 1.00 e. The van der Waals surface area contributed by atoms with Gasteiger partial charge in [0.1, 0.15) is 12.8 Å². The number of phosphoric acid groups is 1. The molecule has 168 valence electrons. The number of rotatable bonds is 9. The Kier molecular flexibility index (Phi) is 9.71. The van der Waals surface area contributed by atoms with E-state index in [-0.39, 0.29) is 40.7 Å². The zero-order valence-corrected chi connectivity index (χ0v) is 21.5. The maximum atomic E-state index is 13.6. The van der Waals surface area contributed by atoms with Crippen LogP contribution in [0, 0.1) is 0 Å². The molecule has 3 atom stereocenters. The minimum atomic E-state index is -5.26. The topological polar surface area (TPSA) is 138 Å². The van der Waals surface area contributed by atoms with E-state index < -0.39 is 37.4 Å². The van der Waals surface area contributed by atoms with Crippen LogP contribution in [-0.2, 0) is 19.4 Å². The Balaban J connectivity index is 0.00000363. The molecule has 0 saturated heterocycles. The average molecular weight is 514 g/mol. The molecule has 1 aromatic heterocycles. The van der Waals surface area contributed by atoms with E-state index in [1.807, 2.05) is 12.1 Å². The fraction of sp³-hybridized carbons (Fsp3) is 0.368. The smallest absolute Gasteiger partial charge is 0.756 e.